The van der Waals surface area contributed by atoms with Crippen molar-refractivity contribution >= 4 is 16.5 Å². The van der Waals surface area contributed by atoms with Gasteiger partial charge in [-0.25, -0.2) is 4.98 Å². The summed E-state index contributed by atoms with van der Waals surface area (Å²) in [5.74, 6) is 1.62. The van der Waals surface area contributed by atoms with Crippen molar-refractivity contribution in [3.63, 3.8) is 0 Å². The van der Waals surface area contributed by atoms with Gasteiger partial charge in [0, 0.05) is 30.6 Å². The first-order valence-electron chi connectivity index (χ1n) is 7.29. The van der Waals surface area contributed by atoms with Gasteiger partial charge in [-0.3, -0.25) is 0 Å². The maximum atomic E-state index is 4.78. The van der Waals surface area contributed by atoms with E-state index in [1.54, 1.807) is 11.3 Å². The van der Waals surface area contributed by atoms with E-state index in [9.17, 15) is 0 Å². The van der Waals surface area contributed by atoms with Crippen molar-refractivity contribution in [2.45, 2.75) is 53.1 Å². The number of aromatic nitrogens is 1. The number of hydrogen-bond acceptors (Lipinski definition) is 4. The minimum atomic E-state index is 0.152. The molecule has 1 aromatic heterocycles. The predicted molar refractivity (Wildman–Crippen MR) is 83.9 cm³/mol. The monoisotopic (exact) mass is 281 g/mol. The van der Waals surface area contributed by atoms with Gasteiger partial charge in [-0.15, -0.1) is 11.3 Å². The number of thiazole rings is 1. The first-order chi connectivity index (χ1) is 8.85. The van der Waals surface area contributed by atoms with Crippen LogP contribution in [0.25, 0.3) is 0 Å². The molecule has 0 saturated carbocycles. The highest BCUT2D eigenvalue weighted by molar-refractivity contribution is 7.13. The third kappa shape index (κ3) is 4.18. The molecule has 2 heterocycles. The van der Waals surface area contributed by atoms with E-state index in [0.29, 0.717) is 0 Å². The molecular formula is C15H27N3S. The van der Waals surface area contributed by atoms with Gasteiger partial charge in [0.2, 0.25) is 0 Å². The first-order valence-corrected chi connectivity index (χ1v) is 8.17. The van der Waals surface area contributed by atoms with E-state index < -0.39 is 0 Å². The summed E-state index contributed by atoms with van der Waals surface area (Å²) in [6.07, 6.45) is 1.29. The van der Waals surface area contributed by atoms with E-state index in [4.69, 9.17) is 4.98 Å². The van der Waals surface area contributed by atoms with Gasteiger partial charge in [0.05, 0.1) is 5.69 Å². The first kappa shape index (κ1) is 14.8. The highest BCUT2D eigenvalue weighted by Gasteiger charge is 2.24. The van der Waals surface area contributed by atoms with E-state index in [-0.39, 0.29) is 5.54 Å². The molecule has 1 aliphatic rings. The highest BCUT2D eigenvalue weighted by atomic mass is 32.1. The van der Waals surface area contributed by atoms with Crippen molar-refractivity contribution in [1.29, 1.82) is 0 Å². The lowest BCUT2D eigenvalue weighted by Crippen LogP contribution is -2.38. The molecule has 0 spiro atoms. The molecule has 2 rings (SSSR count). The molecule has 0 amide bonds. The molecule has 1 N–H and O–H groups in total. The number of rotatable bonds is 3. The Labute approximate surface area is 121 Å². The Morgan fingerprint density at radius 2 is 2.11 bits per heavy atom. The standard InChI is InChI=1S/C15H27N3S/c1-11-6-7-18(9-12(11)2)14-17-13(10-19-14)8-16-15(3,4)5/h10-12,16H,6-9H2,1-5H3. The van der Waals surface area contributed by atoms with Crippen LogP contribution < -0.4 is 10.2 Å². The van der Waals surface area contributed by atoms with E-state index in [2.05, 4.69) is 50.2 Å². The molecule has 0 radical (unpaired) electrons. The summed E-state index contributed by atoms with van der Waals surface area (Å²) in [6, 6.07) is 0. The molecule has 4 heteroatoms. The molecule has 1 saturated heterocycles. The van der Waals surface area contributed by atoms with Crippen molar-refractivity contribution in [2.75, 3.05) is 18.0 Å². The van der Waals surface area contributed by atoms with Crippen LogP contribution in [0.5, 0.6) is 0 Å². The van der Waals surface area contributed by atoms with Gasteiger partial charge in [-0.2, -0.15) is 0 Å². The van der Waals surface area contributed by atoms with Gasteiger partial charge >= 0.3 is 0 Å². The third-order valence-corrected chi connectivity index (χ3v) is 4.89. The van der Waals surface area contributed by atoms with Gasteiger partial charge < -0.3 is 10.2 Å². The van der Waals surface area contributed by atoms with Crippen LogP contribution in [0.3, 0.4) is 0 Å². The van der Waals surface area contributed by atoms with Gasteiger partial charge in [0.1, 0.15) is 0 Å². The molecule has 0 aromatic carbocycles. The maximum absolute atomic E-state index is 4.78. The number of anilines is 1. The summed E-state index contributed by atoms with van der Waals surface area (Å²) >= 11 is 1.78. The zero-order valence-corrected chi connectivity index (χ0v) is 13.7. The largest absolute Gasteiger partial charge is 0.348 e. The van der Waals surface area contributed by atoms with Crippen molar-refractivity contribution < 1.29 is 0 Å². The van der Waals surface area contributed by atoms with Gasteiger partial charge in [-0.1, -0.05) is 13.8 Å². The summed E-state index contributed by atoms with van der Waals surface area (Å²) < 4.78 is 0. The molecule has 3 nitrogen and oxygen atoms in total. The van der Waals surface area contributed by atoms with Crippen molar-refractivity contribution in [1.82, 2.24) is 10.3 Å². The van der Waals surface area contributed by atoms with Crippen LogP contribution in [-0.4, -0.2) is 23.6 Å². The summed E-state index contributed by atoms with van der Waals surface area (Å²) in [5, 5.41) is 6.89. The Hall–Kier alpha value is -0.610. The Bertz CT molecular complexity index is 408. The molecule has 2 unspecified atom stereocenters. The fourth-order valence-electron chi connectivity index (χ4n) is 2.32. The minimum Gasteiger partial charge on any atom is -0.348 e. The number of hydrogen-bond donors (Lipinski definition) is 1. The van der Waals surface area contributed by atoms with E-state index in [0.717, 1.165) is 31.5 Å². The zero-order valence-electron chi connectivity index (χ0n) is 12.9. The minimum absolute atomic E-state index is 0.152. The topological polar surface area (TPSA) is 28.2 Å². The summed E-state index contributed by atoms with van der Waals surface area (Å²) in [7, 11) is 0. The van der Waals surface area contributed by atoms with E-state index in [1.165, 1.54) is 17.2 Å². The Kier molecular flexibility index (Phi) is 4.51. The number of nitrogens with one attached hydrogen (secondary N) is 1. The molecule has 1 aromatic rings. The molecule has 1 aliphatic heterocycles. The van der Waals surface area contributed by atoms with Crippen LogP contribution in [0, 0.1) is 11.8 Å². The van der Waals surface area contributed by atoms with Gasteiger partial charge in [0.25, 0.3) is 0 Å². The third-order valence-electron chi connectivity index (χ3n) is 3.94. The van der Waals surface area contributed by atoms with E-state index in [1.807, 2.05) is 0 Å². The van der Waals surface area contributed by atoms with Crippen molar-refractivity contribution in [2.24, 2.45) is 11.8 Å². The van der Waals surface area contributed by atoms with Crippen LogP contribution in [0.4, 0.5) is 5.13 Å². The summed E-state index contributed by atoms with van der Waals surface area (Å²) in [6.45, 7) is 14.5. The van der Waals surface area contributed by atoms with E-state index >= 15 is 0 Å². The molecule has 0 bridgehead atoms. The van der Waals surface area contributed by atoms with Crippen LogP contribution in [-0.2, 0) is 6.54 Å². The maximum Gasteiger partial charge on any atom is 0.185 e. The van der Waals surface area contributed by atoms with Crippen LogP contribution in [0.2, 0.25) is 0 Å². The van der Waals surface area contributed by atoms with Gasteiger partial charge in [0.15, 0.2) is 5.13 Å². The molecule has 1 fully saturated rings. The Morgan fingerprint density at radius 3 is 2.74 bits per heavy atom. The lowest BCUT2D eigenvalue weighted by molar-refractivity contribution is 0.323. The average Bonchev–Trinajstić information content (AvgIpc) is 2.78. The quantitative estimate of drug-likeness (QED) is 0.919. The predicted octanol–water partition coefficient (Wildman–Crippen LogP) is 3.51. The summed E-state index contributed by atoms with van der Waals surface area (Å²) in [5.41, 5.74) is 1.32. The van der Waals surface area contributed by atoms with Crippen molar-refractivity contribution in [3.8, 4) is 0 Å². The lowest BCUT2D eigenvalue weighted by Gasteiger charge is -2.35. The second-order valence-corrected chi connectivity index (χ2v) is 7.75. The molecule has 2 atom stereocenters. The number of piperidine rings is 1. The second kappa shape index (κ2) is 5.80. The molecule has 108 valence electrons. The van der Waals surface area contributed by atoms with Crippen LogP contribution >= 0.6 is 11.3 Å². The summed E-state index contributed by atoms with van der Waals surface area (Å²) in [4.78, 5) is 7.23. The van der Waals surface area contributed by atoms with Crippen molar-refractivity contribution in [3.05, 3.63) is 11.1 Å². The Balaban J connectivity index is 1.93. The van der Waals surface area contributed by atoms with Crippen LogP contribution in [0.15, 0.2) is 5.38 Å². The molecule has 0 aliphatic carbocycles. The molecular weight excluding hydrogens is 254 g/mol. The lowest BCUT2D eigenvalue weighted by atomic mass is 9.89. The SMILES string of the molecule is CC1CCN(c2nc(CNC(C)(C)C)cs2)CC1C. The highest BCUT2D eigenvalue weighted by Crippen LogP contribution is 2.29. The second-order valence-electron chi connectivity index (χ2n) is 6.91. The fourth-order valence-corrected chi connectivity index (χ4v) is 3.18. The fraction of sp³-hybridized carbons (Fsp3) is 0.800. The Morgan fingerprint density at radius 1 is 1.37 bits per heavy atom. The average molecular weight is 281 g/mol. The smallest absolute Gasteiger partial charge is 0.185 e. The zero-order chi connectivity index (χ0) is 14.0. The van der Waals surface area contributed by atoms with Gasteiger partial charge in [-0.05, 0) is 39.0 Å². The normalized spacial score (nSPS) is 24.8. The van der Waals surface area contributed by atoms with Crippen LogP contribution in [0.1, 0.15) is 46.7 Å². The molecule has 19 heavy (non-hydrogen) atoms. The number of nitrogens with zero attached hydrogens (tertiary/aromatic N) is 2.